The molecule has 0 bridgehead atoms. The van der Waals surface area contributed by atoms with Crippen LogP contribution in [-0.4, -0.2) is 58.0 Å². The standard InChI is InChI=1S/C18H29N5O2/c1-5-13(3)10-23-11-15(9-16(23)18(25)19-6-2)21-17(24)12-22-8-7-20-14(22)4/h5,7-8,15-16H,6,9-12H2,1-4H3,(H,19,25)(H,21,24). The number of hydrogen-bond donors (Lipinski definition) is 2. The predicted molar refractivity (Wildman–Crippen MR) is 97.0 cm³/mol. The molecule has 0 aromatic carbocycles. The van der Waals surface area contributed by atoms with Gasteiger partial charge in [-0.2, -0.15) is 0 Å². The summed E-state index contributed by atoms with van der Waals surface area (Å²) in [5.41, 5.74) is 1.22. The summed E-state index contributed by atoms with van der Waals surface area (Å²) in [5, 5.41) is 5.97. The molecule has 2 heterocycles. The van der Waals surface area contributed by atoms with Crippen molar-refractivity contribution in [3.63, 3.8) is 0 Å². The van der Waals surface area contributed by atoms with Gasteiger partial charge in [0.05, 0.1) is 6.04 Å². The number of hydrogen-bond acceptors (Lipinski definition) is 4. The van der Waals surface area contributed by atoms with Gasteiger partial charge < -0.3 is 15.2 Å². The third kappa shape index (κ3) is 5.16. The lowest BCUT2D eigenvalue weighted by Gasteiger charge is -2.23. The number of rotatable bonds is 7. The SMILES string of the molecule is CC=C(C)CN1CC(NC(=O)Cn2ccnc2C)CC1C(=O)NCC. The Bertz CT molecular complexity index is 637. The maximum Gasteiger partial charge on any atom is 0.240 e. The fraction of sp³-hybridized carbons (Fsp3) is 0.611. The largest absolute Gasteiger partial charge is 0.355 e. The number of carbonyl (C=O) groups excluding carboxylic acids is 2. The minimum absolute atomic E-state index is 0.0198. The molecular formula is C18H29N5O2. The highest BCUT2D eigenvalue weighted by Crippen LogP contribution is 2.19. The van der Waals surface area contributed by atoms with Crippen molar-refractivity contribution >= 4 is 11.8 Å². The number of nitrogens with zero attached hydrogens (tertiary/aromatic N) is 3. The first-order valence-electron chi connectivity index (χ1n) is 8.85. The van der Waals surface area contributed by atoms with E-state index in [9.17, 15) is 9.59 Å². The van der Waals surface area contributed by atoms with E-state index >= 15 is 0 Å². The normalized spacial score (nSPS) is 21.4. The van der Waals surface area contributed by atoms with Crippen molar-refractivity contribution in [2.24, 2.45) is 0 Å². The van der Waals surface area contributed by atoms with Gasteiger partial charge in [0, 0.05) is 38.1 Å². The molecule has 0 spiro atoms. The summed E-state index contributed by atoms with van der Waals surface area (Å²) >= 11 is 0. The summed E-state index contributed by atoms with van der Waals surface area (Å²) in [4.78, 5) is 30.9. The fourth-order valence-electron chi connectivity index (χ4n) is 3.16. The Morgan fingerprint density at radius 2 is 2.16 bits per heavy atom. The summed E-state index contributed by atoms with van der Waals surface area (Å²) in [7, 11) is 0. The van der Waals surface area contributed by atoms with E-state index in [1.807, 2.05) is 25.3 Å². The Kier molecular flexibility index (Phi) is 6.75. The molecule has 0 saturated carbocycles. The lowest BCUT2D eigenvalue weighted by atomic mass is 10.1. The third-order valence-electron chi connectivity index (χ3n) is 4.61. The second kappa shape index (κ2) is 8.80. The van der Waals surface area contributed by atoms with Gasteiger partial charge in [0.1, 0.15) is 12.4 Å². The number of aromatic nitrogens is 2. The molecule has 2 unspecified atom stereocenters. The Hall–Kier alpha value is -2.15. The van der Waals surface area contributed by atoms with E-state index in [1.165, 1.54) is 5.57 Å². The fourth-order valence-corrected chi connectivity index (χ4v) is 3.16. The summed E-state index contributed by atoms with van der Waals surface area (Å²) in [6.07, 6.45) is 6.17. The van der Waals surface area contributed by atoms with Crippen molar-refractivity contribution in [2.75, 3.05) is 19.6 Å². The average Bonchev–Trinajstić information content (AvgIpc) is 3.14. The molecule has 7 heteroatoms. The second-order valence-corrected chi connectivity index (χ2v) is 6.58. The van der Waals surface area contributed by atoms with E-state index in [2.05, 4.69) is 33.5 Å². The van der Waals surface area contributed by atoms with Crippen LogP contribution in [0.4, 0.5) is 0 Å². The summed E-state index contributed by atoms with van der Waals surface area (Å²) in [6.45, 7) is 10.1. The number of nitrogens with one attached hydrogen (secondary N) is 2. The molecule has 138 valence electrons. The van der Waals surface area contributed by atoms with Crippen molar-refractivity contribution in [2.45, 2.75) is 52.7 Å². The van der Waals surface area contributed by atoms with Crippen molar-refractivity contribution in [3.8, 4) is 0 Å². The minimum Gasteiger partial charge on any atom is -0.355 e. The maximum absolute atomic E-state index is 12.4. The quantitative estimate of drug-likeness (QED) is 0.717. The zero-order valence-corrected chi connectivity index (χ0v) is 15.6. The van der Waals surface area contributed by atoms with Gasteiger partial charge in [0.2, 0.25) is 11.8 Å². The number of likely N-dealkylation sites (N-methyl/N-ethyl adjacent to an activating group) is 1. The Balaban J connectivity index is 1.98. The van der Waals surface area contributed by atoms with Crippen LogP contribution in [-0.2, 0) is 16.1 Å². The number of carbonyl (C=O) groups is 2. The monoisotopic (exact) mass is 347 g/mol. The van der Waals surface area contributed by atoms with Gasteiger partial charge in [0.25, 0.3) is 0 Å². The van der Waals surface area contributed by atoms with E-state index < -0.39 is 0 Å². The predicted octanol–water partition coefficient (Wildman–Crippen LogP) is 0.853. The maximum atomic E-state index is 12.4. The van der Waals surface area contributed by atoms with Crippen LogP contribution in [0.2, 0.25) is 0 Å². The van der Waals surface area contributed by atoms with Crippen molar-refractivity contribution in [1.82, 2.24) is 25.1 Å². The number of amides is 2. The van der Waals surface area contributed by atoms with Crippen LogP contribution in [0.5, 0.6) is 0 Å². The topological polar surface area (TPSA) is 79.3 Å². The molecule has 1 aliphatic rings. The van der Waals surface area contributed by atoms with Crippen molar-refractivity contribution < 1.29 is 9.59 Å². The van der Waals surface area contributed by atoms with Gasteiger partial charge >= 0.3 is 0 Å². The molecule has 1 aliphatic heterocycles. The third-order valence-corrected chi connectivity index (χ3v) is 4.61. The first kappa shape index (κ1) is 19.2. The van der Waals surface area contributed by atoms with Crippen LogP contribution < -0.4 is 10.6 Å². The molecule has 1 aromatic heterocycles. The molecule has 1 saturated heterocycles. The van der Waals surface area contributed by atoms with Crippen LogP contribution in [0, 0.1) is 6.92 Å². The van der Waals surface area contributed by atoms with Crippen LogP contribution in [0.25, 0.3) is 0 Å². The number of allylic oxidation sites excluding steroid dienone is 1. The molecular weight excluding hydrogens is 318 g/mol. The second-order valence-electron chi connectivity index (χ2n) is 6.58. The molecule has 1 fully saturated rings. The van der Waals surface area contributed by atoms with E-state index in [4.69, 9.17) is 0 Å². The highest BCUT2D eigenvalue weighted by molar-refractivity contribution is 5.82. The van der Waals surface area contributed by atoms with Crippen LogP contribution in [0.1, 0.15) is 33.0 Å². The summed E-state index contributed by atoms with van der Waals surface area (Å²) in [5.74, 6) is 0.797. The highest BCUT2D eigenvalue weighted by Gasteiger charge is 2.37. The molecule has 2 amide bonds. The first-order valence-corrected chi connectivity index (χ1v) is 8.85. The van der Waals surface area contributed by atoms with E-state index in [0.29, 0.717) is 19.5 Å². The van der Waals surface area contributed by atoms with Gasteiger partial charge in [-0.25, -0.2) is 4.98 Å². The minimum atomic E-state index is -0.199. The number of likely N-dealkylation sites (tertiary alicyclic amines) is 1. The van der Waals surface area contributed by atoms with Crippen molar-refractivity contribution in [3.05, 3.63) is 29.9 Å². The van der Waals surface area contributed by atoms with Crippen LogP contribution in [0.15, 0.2) is 24.0 Å². The Labute approximate surface area is 149 Å². The van der Waals surface area contributed by atoms with Gasteiger partial charge in [-0.15, -0.1) is 0 Å². The van der Waals surface area contributed by atoms with Crippen molar-refractivity contribution in [1.29, 1.82) is 0 Å². The van der Waals surface area contributed by atoms with Gasteiger partial charge in [0.15, 0.2) is 0 Å². The lowest BCUT2D eigenvalue weighted by molar-refractivity contribution is -0.125. The van der Waals surface area contributed by atoms with Gasteiger partial charge in [-0.3, -0.25) is 14.5 Å². The van der Waals surface area contributed by atoms with E-state index in [1.54, 1.807) is 12.4 Å². The highest BCUT2D eigenvalue weighted by atomic mass is 16.2. The first-order chi connectivity index (χ1) is 11.9. The molecule has 2 N–H and O–H groups in total. The van der Waals surface area contributed by atoms with Gasteiger partial charge in [-0.05, 0) is 34.1 Å². The Morgan fingerprint density at radius 1 is 1.40 bits per heavy atom. The molecule has 0 radical (unpaired) electrons. The molecule has 2 rings (SSSR count). The lowest BCUT2D eigenvalue weighted by Crippen LogP contribution is -2.43. The van der Waals surface area contributed by atoms with E-state index in [-0.39, 0.29) is 30.4 Å². The smallest absolute Gasteiger partial charge is 0.240 e. The zero-order chi connectivity index (χ0) is 18.4. The summed E-state index contributed by atoms with van der Waals surface area (Å²) in [6, 6.07) is -0.219. The van der Waals surface area contributed by atoms with Crippen LogP contribution in [0.3, 0.4) is 0 Å². The average molecular weight is 347 g/mol. The van der Waals surface area contributed by atoms with Crippen LogP contribution >= 0.6 is 0 Å². The molecule has 1 aromatic rings. The number of aryl methyl sites for hydroxylation is 1. The summed E-state index contributed by atoms with van der Waals surface area (Å²) < 4.78 is 1.81. The molecule has 7 nitrogen and oxygen atoms in total. The molecule has 2 atom stereocenters. The van der Waals surface area contributed by atoms with Gasteiger partial charge in [-0.1, -0.05) is 11.6 Å². The molecule has 25 heavy (non-hydrogen) atoms. The number of imidazole rings is 1. The molecule has 0 aliphatic carbocycles. The zero-order valence-electron chi connectivity index (χ0n) is 15.6. The Morgan fingerprint density at radius 3 is 2.76 bits per heavy atom. The van der Waals surface area contributed by atoms with E-state index in [0.717, 1.165) is 12.4 Å².